The average molecular weight is 831 g/mol. The first-order valence-electron chi connectivity index (χ1n) is 8.19. The molecule has 1 heterocycles. The summed E-state index contributed by atoms with van der Waals surface area (Å²) in [6, 6.07) is 6.13. The molecule has 1 aliphatic carbocycles. The van der Waals surface area contributed by atoms with Crippen molar-refractivity contribution >= 4 is 127 Å². The Bertz CT molecular complexity index is 1530. The molecule has 172 valence electrons. The van der Waals surface area contributed by atoms with Gasteiger partial charge in [-0.25, -0.2) is 0 Å². The predicted molar refractivity (Wildman–Crippen MR) is 140 cm³/mol. The van der Waals surface area contributed by atoms with E-state index in [1.807, 2.05) is 0 Å². The van der Waals surface area contributed by atoms with Crippen molar-refractivity contribution in [3.63, 3.8) is 0 Å². The Morgan fingerprint density at radius 1 is 0.914 bits per heavy atom. The fourth-order valence-electron chi connectivity index (χ4n) is 3.24. The van der Waals surface area contributed by atoms with E-state index in [4.69, 9.17) is 50.8 Å². The van der Waals surface area contributed by atoms with Gasteiger partial charge >= 0.3 is 59.1 Å². The van der Waals surface area contributed by atoms with Crippen molar-refractivity contribution < 1.29 is 78.9 Å². The van der Waals surface area contributed by atoms with Crippen LogP contribution < -0.4 is 69.6 Å². The number of carbonyl (C=O) groups is 1. The van der Waals surface area contributed by atoms with E-state index in [9.17, 15) is 14.7 Å². The summed E-state index contributed by atoms with van der Waals surface area (Å²) in [7, 11) is 0. The van der Waals surface area contributed by atoms with Gasteiger partial charge in [-0.3, -0.25) is 4.79 Å². The van der Waals surface area contributed by atoms with Crippen molar-refractivity contribution in [1.82, 2.24) is 0 Å². The Labute approximate surface area is 295 Å². The molecule has 1 N–H and O–H groups in total. The monoisotopic (exact) mass is 825 g/mol. The van der Waals surface area contributed by atoms with Gasteiger partial charge in [-0.1, -0.05) is 92.6 Å². The van der Waals surface area contributed by atoms with Gasteiger partial charge in [-0.15, -0.1) is 6.07 Å². The van der Waals surface area contributed by atoms with Gasteiger partial charge in [0, 0.05) is 22.3 Å². The van der Waals surface area contributed by atoms with Crippen LogP contribution in [0.15, 0.2) is 39.2 Å². The van der Waals surface area contributed by atoms with Crippen LogP contribution in [0.3, 0.4) is 0 Å². The molecule has 0 aromatic heterocycles. The van der Waals surface area contributed by atoms with Gasteiger partial charge in [-0.2, -0.15) is 6.07 Å². The van der Waals surface area contributed by atoms with Gasteiger partial charge in [-0.05, 0) is 43.5 Å². The quantitative estimate of drug-likeness (QED) is 0.102. The van der Waals surface area contributed by atoms with Crippen LogP contribution in [-0.4, -0.2) is 11.4 Å². The molecule has 5 nitrogen and oxygen atoms in total. The second kappa shape index (κ2) is 13.3. The normalized spacial score (nSPS) is 10.5. The number of aromatic carboxylic acids is 1. The van der Waals surface area contributed by atoms with Crippen LogP contribution >= 0.6 is 110 Å². The van der Waals surface area contributed by atoms with Crippen molar-refractivity contribution in [2.45, 2.75) is 0 Å². The van der Waals surface area contributed by atoms with Crippen molar-refractivity contribution in [2.24, 2.45) is 0 Å². The van der Waals surface area contributed by atoms with E-state index in [1.54, 1.807) is 6.07 Å². The number of hydrogen-bond donors (Lipinski definition) is 0. The summed E-state index contributed by atoms with van der Waals surface area (Å²) >= 11 is 38.4. The van der Waals surface area contributed by atoms with E-state index < -0.39 is 11.5 Å². The van der Waals surface area contributed by atoms with Crippen LogP contribution in [0.1, 0.15) is 10.4 Å². The Kier molecular flexibility index (Phi) is 13.2. The molecule has 2 aliphatic rings. The molecule has 2 aromatic rings. The smallest absolute Gasteiger partial charge is 0.870 e. The van der Waals surface area contributed by atoms with Crippen LogP contribution in [0.5, 0.6) is 0 Å². The third-order valence-electron chi connectivity index (χ3n) is 4.54. The minimum Gasteiger partial charge on any atom is -0.870 e. The number of carbonyl (C=O) groups excluding carboxylic acids is 1. The molecule has 0 amide bonds. The Balaban J connectivity index is 0.00000204. The molecule has 15 heteroatoms. The van der Waals surface area contributed by atoms with Gasteiger partial charge in [0.15, 0.2) is 0 Å². The number of halogens is 8. The van der Waals surface area contributed by atoms with Crippen molar-refractivity contribution in [3.8, 4) is 22.5 Å². The Hall–Kier alpha value is 1.64. The maximum atomic E-state index is 12.5. The summed E-state index contributed by atoms with van der Waals surface area (Å²) in [6.07, 6.45) is 0. The van der Waals surface area contributed by atoms with E-state index in [0.717, 1.165) is 0 Å². The standard InChI is InChI=1S/C20H3Br4Cl4O4.2Na.H2O/c21-4-1-5-9(10-11(20(30)31)14(26)16(28)15(27)13(10)25)6-3-7(22)17(29)12(24)19(6)32-18(5)8(23)2-4;;;/h1,3H,(H,30,31);;;1H2/q-1;2*+1;/p-2. The van der Waals surface area contributed by atoms with Gasteiger partial charge < -0.3 is 19.8 Å². The summed E-state index contributed by atoms with van der Waals surface area (Å²) in [6.45, 7) is 0. The van der Waals surface area contributed by atoms with E-state index in [0.29, 0.717) is 19.9 Å². The first-order chi connectivity index (χ1) is 15.0. The zero-order chi connectivity index (χ0) is 23.6. The van der Waals surface area contributed by atoms with Gasteiger partial charge in [0.25, 0.3) is 0 Å². The van der Waals surface area contributed by atoms with Crippen LogP contribution in [0.4, 0.5) is 0 Å². The van der Waals surface area contributed by atoms with E-state index in [2.05, 4.69) is 69.8 Å². The molecule has 1 aliphatic heterocycles. The Morgan fingerprint density at radius 3 is 2.06 bits per heavy atom. The van der Waals surface area contributed by atoms with E-state index in [-0.39, 0.29) is 122 Å². The molecule has 0 radical (unpaired) electrons. The molecular formula is C20H3Br4Cl4Na2O5-. The van der Waals surface area contributed by atoms with E-state index in [1.165, 1.54) is 6.07 Å². The maximum Gasteiger partial charge on any atom is 1.00 e. The second-order valence-electron chi connectivity index (χ2n) is 6.32. The third kappa shape index (κ3) is 6.05. The first-order valence-corrected chi connectivity index (χ1v) is 12.9. The van der Waals surface area contributed by atoms with Crippen molar-refractivity contribution in [1.29, 1.82) is 0 Å². The molecule has 0 bridgehead atoms. The minimum atomic E-state index is -1.62. The molecule has 2 aromatic carbocycles. The zero-order valence-corrected chi connectivity index (χ0v) is 30.6. The molecule has 0 spiro atoms. The van der Waals surface area contributed by atoms with Crippen LogP contribution in [-0.2, 0) is 0 Å². The fraction of sp³-hybridized carbons (Fsp3) is 0. The number of rotatable bonds is 2. The molecule has 0 saturated carbocycles. The average Bonchev–Trinajstić information content (AvgIpc) is 2.72. The van der Waals surface area contributed by atoms with Crippen molar-refractivity contribution in [3.05, 3.63) is 72.0 Å². The first kappa shape index (κ1) is 34.7. The Morgan fingerprint density at radius 2 is 1.49 bits per heavy atom. The van der Waals surface area contributed by atoms with Gasteiger partial charge in [0.05, 0.1) is 30.5 Å². The van der Waals surface area contributed by atoms with E-state index >= 15 is 0 Å². The van der Waals surface area contributed by atoms with Crippen molar-refractivity contribution in [2.75, 3.05) is 0 Å². The van der Waals surface area contributed by atoms with Gasteiger partial charge in [0.2, 0.25) is 5.43 Å². The molecule has 0 atom stereocenters. The summed E-state index contributed by atoms with van der Waals surface area (Å²) < 4.78 is 7.27. The molecule has 35 heavy (non-hydrogen) atoms. The number of benzene rings is 3. The summed E-state index contributed by atoms with van der Waals surface area (Å²) in [5.74, 6) is -1.48. The predicted octanol–water partition coefficient (Wildman–Crippen LogP) is 2.22. The minimum absolute atomic E-state index is 0. The fourth-order valence-corrected chi connectivity index (χ4v) is 6.66. The number of carboxylic acids is 1. The molecular weight excluding hydrogens is 828 g/mol. The second-order valence-corrected chi connectivity index (χ2v) is 11.1. The van der Waals surface area contributed by atoms with Crippen LogP contribution in [0.2, 0.25) is 20.1 Å². The topological polar surface area (TPSA) is 100 Å². The maximum absolute atomic E-state index is 12.5. The number of carboxylic acid groups (broad SMARTS) is 1. The van der Waals surface area contributed by atoms with Crippen LogP contribution in [0.25, 0.3) is 33.4 Å². The summed E-state index contributed by atoms with van der Waals surface area (Å²) in [5, 5.41) is 11.7. The molecule has 0 fully saturated rings. The van der Waals surface area contributed by atoms with Crippen LogP contribution in [0, 0.1) is 6.07 Å². The largest absolute Gasteiger partial charge is 1.00 e. The SMILES string of the molecule is O=C([O-])c1c(Cl)c(Cl)c(Cl)c(Cl)c1-c1c2cc(Br)c(=O)c(Br)c-2oc2c(Br)[c-]c(Br)cc12.[Na+].[Na+].[OH-]. The molecule has 4 rings (SSSR count). The molecule has 0 unspecified atom stereocenters. The van der Waals surface area contributed by atoms with Gasteiger partial charge in [0.1, 0.15) is 10.2 Å². The molecule has 0 saturated heterocycles. The number of fused-ring (bicyclic) bond motifs is 2. The number of hydrogen-bond acceptors (Lipinski definition) is 5. The summed E-state index contributed by atoms with van der Waals surface area (Å²) in [4.78, 5) is 24.7. The third-order valence-corrected chi connectivity index (χ3v) is 8.64. The summed E-state index contributed by atoms with van der Waals surface area (Å²) in [5.41, 5.74) is 0.0166. The zero-order valence-electron chi connectivity index (χ0n) is 17.3.